The topological polar surface area (TPSA) is 57.1 Å². The fourth-order valence-corrected chi connectivity index (χ4v) is 4.42. The van der Waals surface area contributed by atoms with E-state index in [9.17, 15) is 9.18 Å². The molecule has 0 aliphatic carbocycles. The molecule has 2 aliphatic heterocycles. The summed E-state index contributed by atoms with van der Waals surface area (Å²) in [6.45, 7) is 2.05. The maximum absolute atomic E-state index is 13.9. The van der Waals surface area contributed by atoms with Crippen LogP contribution in [0.4, 0.5) is 4.39 Å². The van der Waals surface area contributed by atoms with Crippen LogP contribution in [0.25, 0.3) is 5.70 Å². The second-order valence-corrected chi connectivity index (χ2v) is 8.37. The number of thioether (sulfide) groups is 1. The van der Waals surface area contributed by atoms with E-state index in [2.05, 4.69) is 29.6 Å². The van der Waals surface area contributed by atoms with Crippen molar-refractivity contribution in [3.05, 3.63) is 106 Å². The number of amidine groups is 1. The molecule has 0 radical (unpaired) electrons. The van der Waals surface area contributed by atoms with Gasteiger partial charge in [-0.05, 0) is 30.7 Å². The van der Waals surface area contributed by atoms with Crippen LogP contribution in [0.1, 0.15) is 22.9 Å². The highest BCUT2D eigenvalue weighted by atomic mass is 32.2. The third-order valence-electron chi connectivity index (χ3n) is 5.16. The third kappa shape index (κ3) is 3.84. The number of carbonyl (C=O) groups excluding carboxylic acids is 1. The Labute approximate surface area is 183 Å². The van der Waals surface area contributed by atoms with Crippen LogP contribution in [0.3, 0.4) is 0 Å². The van der Waals surface area contributed by atoms with Gasteiger partial charge in [0.1, 0.15) is 11.5 Å². The number of nitrogens with zero attached hydrogens (tertiary/aromatic N) is 3. The number of benzene rings is 3. The van der Waals surface area contributed by atoms with E-state index in [-0.39, 0.29) is 11.7 Å². The van der Waals surface area contributed by atoms with Crippen molar-refractivity contribution in [1.29, 1.82) is 0 Å². The minimum absolute atomic E-state index is 0.245. The Morgan fingerprint density at radius 1 is 1.06 bits per heavy atom. The van der Waals surface area contributed by atoms with E-state index in [4.69, 9.17) is 10.1 Å². The average molecular weight is 431 g/mol. The molecule has 2 aliphatic rings. The molecule has 31 heavy (non-hydrogen) atoms. The first-order valence-electron chi connectivity index (χ1n) is 9.89. The molecular formula is C24H19FN4OS. The van der Waals surface area contributed by atoms with Crippen LogP contribution >= 0.6 is 11.8 Å². The minimum atomic E-state index is -0.623. The number of halogens is 1. The molecule has 0 saturated carbocycles. The Bertz CT molecular complexity index is 1320. The number of fused-ring (bicyclic) bond motifs is 2. The summed E-state index contributed by atoms with van der Waals surface area (Å²) >= 11 is 1.44. The van der Waals surface area contributed by atoms with Crippen LogP contribution in [-0.2, 0) is 10.5 Å². The van der Waals surface area contributed by atoms with Crippen LogP contribution in [0, 0.1) is 12.7 Å². The number of carbonyl (C=O) groups is 1. The highest BCUT2D eigenvalue weighted by Gasteiger charge is 2.34. The first-order chi connectivity index (χ1) is 15.1. The molecule has 7 heteroatoms. The standard InChI is InChI=1S/C24H19FN4OS/c1-15-9-11-16(12-10-15)14-31-24-27-23(30)21-19-7-2-3-8-20(19)26-22(29(21)28-24)17-5-4-6-18(25)13-17/h2-13,22H,14H2,1H3,(H,27,28,30)/t22-/m1/s1. The molecule has 1 amide bonds. The van der Waals surface area contributed by atoms with Crippen molar-refractivity contribution in [2.45, 2.75) is 18.8 Å². The summed E-state index contributed by atoms with van der Waals surface area (Å²) < 4.78 is 13.9. The van der Waals surface area contributed by atoms with Crippen molar-refractivity contribution in [2.24, 2.45) is 10.1 Å². The number of rotatable bonds is 3. The van der Waals surface area contributed by atoms with E-state index in [1.165, 1.54) is 29.5 Å². The smallest absolute Gasteiger partial charge is 0.276 e. The summed E-state index contributed by atoms with van der Waals surface area (Å²) in [5, 5.41) is 11.1. The monoisotopic (exact) mass is 430 g/mol. The van der Waals surface area contributed by atoms with Gasteiger partial charge in [-0.1, -0.05) is 71.9 Å². The van der Waals surface area contributed by atoms with Crippen molar-refractivity contribution >= 4 is 28.5 Å². The number of para-hydroxylation sites is 1. The number of hydrogen-bond acceptors (Lipinski definition) is 5. The van der Waals surface area contributed by atoms with Crippen LogP contribution < -0.4 is 15.9 Å². The predicted molar refractivity (Wildman–Crippen MR) is 120 cm³/mol. The highest BCUT2D eigenvalue weighted by molar-refractivity contribution is 8.13. The molecule has 5 nitrogen and oxygen atoms in total. The quantitative estimate of drug-likeness (QED) is 0.694. The number of amides is 1. The fourth-order valence-electron chi connectivity index (χ4n) is 3.61. The minimum Gasteiger partial charge on any atom is -0.298 e. The molecule has 0 fully saturated rings. The summed E-state index contributed by atoms with van der Waals surface area (Å²) in [6, 6.07) is 21.9. The molecule has 1 atom stereocenters. The van der Waals surface area contributed by atoms with E-state index in [1.54, 1.807) is 17.1 Å². The van der Waals surface area contributed by atoms with Gasteiger partial charge in [0.2, 0.25) is 0 Å². The van der Waals surface area contributed by atoms with Crippen molar-refractivity contribution in [3.8, 4) is 0 Å². The molecule has 0 bridgehead atoms. The number of hydrazone groups is 1. The summed E-state index contributed by atoms with van der Waals surface area (Å²) in [5.41, 5.74) is 3.38. The van der Waals surface area contributed by atoms with Gasteiger partial charge in [-0.2, -0.15) is 0 Å². The van der Waals surface area contributed by atoms with E-state index in [0.717, 1.165) is 5.56 Å². The second kappa shape index (κ2) is 8.00. The Morgan fingerprint density at radius 2 is 1.87 bits per heavy atom. The fraction of sp³-hybridized carbons (Fsp3) is 0.125. The molecule has 0 spiro atoms. The summed E-state index contributed by atoms with van der Waals surface area (Å²) in [5.74, 6) is 0.0682. The maximum Gasteiger partial charge on any atom is 0.276 e. The second-order valence-electron chi connectivity index (χ2n) is 7.40. The lowest BCUT2D eigenvalue weighted by molar-refractivity contribution is -0.116. The molecular weight excluding hydrogens is 411 g/mol. The van der Waals surface area contributed by atoms with Gasteiger partial charge in [-0.15, -0.1) is 5.10 Å². The number of hydrogen-bond donors (Lipinski definition) is 1. The zero-order valence-electron chi connectivity index (χ0n) is 16.7. The van der Waals surface area contributed by atoms with Gasteiger partial charge in [0.05, 0.1) is 5.36 Å². The van der Waals surface area contributed by atoms with Gasteiger partial charge in [-0.25, -0.2) is 9.40 Å². The molecule has 3 aromatic carbocycles. The van der Waals surface area contributed by atoms with Gasteiger partial charge < -0.3 is 0 Å². The lowest BCUT2D eigenvalue weighted by atomic mass is 10.1. The lowest BCUT2D eigenvalue weighted by Gasteiger charge is -2.34. The SMILES string of the molecule is Cc1ccc(CSC2=NN3C(=c4ccccc4=N[C@H]3c3cccc(F)c3)C(=O)N2)cc1. The molecule has 154 valence electrons. The Balaban J connectivity index is 1.55. The first kappa shape index (κ1) is 19.5. The molecule has 0 aromatic heterocycles. The van der Waals surface area contributed by atoms with Gasteiger partial charge in [-0.3, -0.25) is 15.1 Å². The molecule has 5 rings (SSSR count). The van der Waals surface area contributed by atoms with Crippen LogP contribution in [0.15, 0.2) is 82.9 Å². The summed E-state index contributed by atoms with van der Waals surface area (Å²) in [7, 11) is 0. The van der Waals surface area contributed by atoms with E-state index in [0.29, 0.717) is 32.8 Å². The Morgan fingerprint density at radius 3 is 2.68 bits per heavy atom. The largest absolute Gasteiger partial charge is 0.298 e. The van der Waals surface area contributed by atoms with Gasteiger partial charge in [0.15, 0.2) is 11.3 Å². The van der Waals surface area contributed by atoms with Crippen molar-refractivity contribution < 1.29 is 9.18 Å². The third-order valence-corrected chi connectivity index (χ3v) is 6.09. The summed E-state index contributed by atoms with van der Waals surface area (Å²) in [6.07, 6.45) is -0.623. The normalized spacial score (nSPS) is 17.3. The van der Waals surface area contributed by atoms with Crippen molar-refractivity contribution in [3.63, 3.8) is 0 Å². The Hall–Kier alpha value is -3.45. The highest BCUT2D eigenvalue weighted by Crippen LogP contribution is 2.31. The lowest BCUT2D eigenvalue weighted by Crippen LogP contribution is -2.50. The maximum atomic E-state index is 13.9. The van der Waals surface area contributed by atoms with E-state index in [1.807, 2.05) is 31.2 Å². The molecule has 3 aromatic rings. The zero-order chi connectivity index (χ0) is 21.4. The molecule has 0 saturated heterocycles. The predicted octanol–water partition coefficient (Wildman–Crippen LogP) is 3.21. The zero-order valence-corrected chi connectivity index (χ0v) is 17.6. The van der Waals surface area contributed by atoms with Crippen LogP contribution in [0.5, 0.6) is 0 Å². The number of nitrogens with one attached hydrogen (secondary N) is 1. The van der Waals surface area contributed by atoms with Gasteiger partial charge in [0, 0.05) is 16.5 Å². The van der Waals surface area contributed by atoms with Crippen molar-refractivity contribution in [1.82, 2.24) is 10.3 Å². The van der Waals surface area contributed by atoms with Gasteiger partial charge >= 0.3 is 0 Å². The van der Waals surface area contributed by atoms with Crippen LogP contribution in [-0.4, -0.2) is 16.1 Å². The molecule has 1 N–H and O–H groups in total. The van der Waals surface area contributed by atoms with E-state index < -0.39 is 6.17 Å². The average Bonchev–Trinajstić information content (AvgIpc) is 2.78. The first-order valence-corrected chi connectivity index (χ1v) is 10.9. The van der Waals surface area contributed by atoms with Crippen LogP contribution in [0.2, 0.25) is 0 Å². The van der Waals surface area contributed by atoms with Crippen molar-refractivity contribution in [2.75, 3.05) is 0 Å². The Kier molecular flexibility index (Phi) is 5.03. The number of aryl methyl sites for hydroxylation is 1. The van der Waals surface area contributed by atoms with E-state index >= 15 is 0 Å². The molecule has 2 heterocycles. The molecule has 0 unspecified atom stereocenters. The summed E-state index contributed by atoms with van der Waals surface area (Å²) in [4.78, 5) is 17.9. The van der Waals surface area contributed by atoms with Gasteiger partial charge in [0.25, 0.3) is 5.91 Å².